The molecule has 6 heteroatoms. The summed E-state index contributed by atoms with van der Waals surface area (Å²) >= 11 is 1.66. The minimum Gasteiger partial charge on any atom is -0.289 e. The molecule has 136 valence electrons. The Bertz CT molecular complexity index is 947. The van der Waals surface area contributed by atoms with Crippen LogP contribution in [0.1, 0.15) is 43.6 Å². The van der Waals surface area contributed by atoms with Crippen LogP contribution in [0.15, 0.2) is 23.0 Å². The zero-order valence-electron chi connectivity index (χ0n) is 15.0. The van der Waals surface area contributed by atoms with Crippen LogP contribution in [0, 0.1) is 5.92 Å². The summed E-state index contributed by atoms with van der Waals surface area (Å²) < 4.78 is 26.9. The first-order valence-corrected chi connectivity index (χ1v) is 11.3. The number of sulfonamides is 1. The van der Waals surface area contributed by atoms with E-state index in [1.165, 1.54) is 9.18 Å². The van der Waals surface area contributed by atoms with E-state index in [1.54, 1.807) is 30.5 Å². The number of hydrogen-bond donors (Lipinski definition) is 0. The summed E-state index contributed by atoms with van der Waals surface area (Å²) in [6.07, 6.45) is 4.64. The topological polar surface area (TPSA) is 54.5 Å². The van der Waals surface area contributed by atoms with Gasteiger partial charge >= 0.3 is 0 Å². The average molecular weight is 380 g/mol. The minimum absolute atomic E-state index is 0.125. The Kier molecular flexibility index (Phi) is 5.21. The maximum absolute atomic E-state index is 12.8. The molecule has 0 saturated carbocycles. The van der Waals surface area contributed by atoms with Gasteiger partial charge in [-0.05, 0) is 49.8 Å². The van der Waals surface area contributed by atoms with E-state index in [1.807, 2.05) is 13.0 Å². The highest BCUT2D eigenvalue weighted by Gasteiger charge is 2.23. The Morgan fingerprint density at radius 1 is 1.28 bits per heavy atom. The lowest BCUT2D eigenvalue weighted by molar-refractivity contribution is 0.448. The van der Waals surface area contributed by atoms with Gasteiger partial charge in [0.1, 0.15) is 0 Å². The zero-order chi connectivity index (χ0) is 18.2. The van der Waals surface area contributed by atoms with Crippen LogP contribution < -0.4 is 9.73 Å². The van der Waals surface area contributed by atoms with E-state index in [2.05, 4.69) is 6.92 Å². The molecular formula is C19H25NO3S2. The Morgan fingerprint density at radius 2 is 2.04 bits per heavy atom. The number of benzene rings is 1. The smallest absolute Gasteiger partial charge is 0.234 e. The van der Waals surface area contributed by atoms with Crippen LogP contribution in [-0.2, 0) is 22.9 Å². The molecular weight excluding hydrogens is 354 g/mol. The molecule has 3 rings (SSSR count). The van der Waals surface area contributed by atoms with E-state index < -0.39 is 10.0 Å². The van der Waals surface area contributed by atoms with Crippen molar-refractivity contribution in [2.45, 2.75) is 46.0 Å². The molecule has 0 fully saturated rings. The average Bonchev–Trinajstić information content (AvgIpc) is 2.60. The molecule has 1 aliphatic carbocycles. The fraction of sp³-hybridized carbons (Fsp3) is 0.526. The zero-order valence-corrected chi connectivity index (χ0v) is 16.7. The second-order valence-electron chi connectivity index (χ2n) is 6.81. The number of rotatable bonds is 5. The van der Waals surface area contributed by atoms with Gasteiger partial charge in [0.15, 0.2) is 5.43 Å². The first-order chi connectivity index (χ1) is 11.9. The second-order valence-corrected chi connectivity index (χ2v) is 10.1. The van der Waals surface area contributed by atoms with Gasteiger partial charge in [0.2, 0.25) is 10.0 Å². The van der Waals surface area contributed by atoms with Crippen molar-refractivity contribution in [3.05, 3.63) is 38.9 Å². The predicted molar refractivity (Wildman–Crippen MR) is 106 cm³/mol. The molecule has 0 spiro atoms. The molecule has 1 atom stereocenters. The summed E-state index contributed by atoms with van der Waals surface area (Å²) in [4.78, 5) is 14.0. The lowest BCUT2D eigenvalue weighted by atomic mass is 9.87. The third kappa shape index (κ3) is 3.47. The van der Waals surface area contributed by atoms with Crippen molar-refractivity contribution >= 4 is 37.1 Å². The molecule has 25 heavy (non-hydrogen) atoms. The Labute approximate surface area is 153 Å². The van der Waals surface area contributed by atoms with Crippen LogP contribution in [0.3, 0.4) is 0 Å². The lowest BCUT2D eigenvalue weighted by Crippen LogP contribution is -2.28. The van der Waals surface area contributed by atoms with E-state index in [4.69, 9.17) is 0 Å². The SMILES string of the molecule is CCCS(=O)(=O)N(C)c1ccc2c(=O)c3c(sc2c1)CC(CC)CC3. The van der Waals surface area contributed by atoms with Gasteiger partial charge in [0.05, 0.1) is 11.4 Å². The summed E-state index contributed by atoms with van der Waals surface area (Å²) in [6.45, 7) is 4.05. The van der Waals surface area contributed by atoms with E-state index in [0.29, 0.717) is 23.4 Å². The third-order valence-electron chi connectivity index (χ3n) is 5.15. The van der Waals surface area contributed by atoms with Crippen molar-refractivity contribution in [2.24, 2.45) is 5.92 Å². The van der Waals surface area contributed by atoms with Gasteiger partial charge in [-0.1, -0.05) is 20.3 Å². The first kappa shape index (κ1) is 18.4. The fourth-order valence-corrected chi connectivity index (χ4v) is 6.07. The van der Waals surface area contributed by atoms with Crippen molar-refractivity contribution in [3.63, 3.8) is 0 Å². The van der Waals surface area contributed by atoms with Crippen LogP contribution in [-0.4, -0.2) is 21.2 Å². The molecule has 4 nitrogen and oxygen atoms in total. The molecule has 0 radical (unpaired) electrons. The van der Waals surface area contributed by atoms with E-state index in [0.717, 1.165) is 35.9 Å². The first-order valence-electron chi connectivity index (χ1n) is 8.92. The quantitative estimate of drug-likeness (QED) is 0.790. The predicted octanol–water partition coefficient (Wildman–Crippen LogP) is 3.95. The van der Waals surface area contributed by atoms with Crippen LogP contribution in [0.25, 0.3) is 10.1 Å². The maximum atomic E-state index is 12.8. The molecule has 2 aromatic rings. The fourth-order valence-electron chi connectivity index (χ4n) is 3.50. The summed E-state index contributed by atoms with van der Waals surface area (Å²) in [5, 5.41) is 0.712. The summed E-state index contributed by atoms with van der Waals surface area (Å²) in [5.74, 6) is 0.775. The van der Waals surface area contributed by atoms with E-state index in [9.17, 15) is 13.2 Å². The standard InChI is InChI=1S/C19H25NO3S2/c1-4-10-25(22,23)20(3)14-7-9-16-18(12-14)24-17-11-13(5-2)6-8-15(17)19(16)21/h7,9,12-13H,4-6,8,10-11H2,1-3H3. The summed E-state index contributed by atoms with van der Waals surface area (Å²) in [7, 11) is -1.73. The van der Waals surface area contributed by atoms with Crippen LogP contribution in [0.4, 0.5) is 5.69 Å². The van der Waals surface area contributed by atoms with Gasteiger partial charge in [-0.3, -0.25) is 9.10 Å². The largest absolute Gasteiger partial charge is 0.289 e. The van der Waals surface area contributed by atoms with Gasteiger partial charge in [0, 0.05) is 27.6 Å². The molecule has 0 aliphatic heterocycles. The highest BCUT2D eigenvalue weighted by molar-refractivity contribution is 7.92. The van der Waals surface area contributed by atoms with Gasteiger partial charge in [0.25, 0.3) is 0 Å². The summed E-state index contributed by atoms with van der Waals surface area (Å²) in [5.41, 5.74) is 1.73. The van der Waals surface area contributed by atoms with Gasteiger partial charge in [-0.2, -0.15) is 0 Å². The molecule has 1 aliphatic rings. The third-order valence-corrected chi connectivity index (χ3v) is 8.34. The number of hydrogen-bond acceptors (Lipinski definition) is 4. The van der Waals surface area contributed by atoms with Crippen LogP contribution in [0.5, 0.6) is 0 Å². The van der Waals surface area contributed by atoms with Gasteiger partial charge in [-0.15, -0.1) is 11.3 Å². The normalized spacial score (nSPS) is 17.5. The number of nitrogens with zero attached hydrogens (tertiary/aromatic N) is 1. The Balaban J connectivity index is 2.08. The molecule has 0 saturated heterocycles. The number of fused-ring (bicyclic) bond motifs is 2. The molecule has 0 N–H and O–H groups in total. The van der Waals surface area contributed by atoms with E-state index in [-0.39, 0.29) is 11.2 Å². The maximum Gasteiger partial charge on any atom is 0.234 e. The van der Waals surface area contributed by atoms with Gasteiger partial charge in [-0.25, -0.2) is 8.42 Å². The highest BCUT2D eigenvalue weighted by Crippen LogP contribution is 2.33. The molecule has 0 bridgehead atoms. The molecule has 1 aromatic heterocycles. The van der Waals surface area contributed by atoms with Crippen molar-refractivity contribution in [2.75, 3.05) is 17.1 Å². The van der Waals surface area contributed by atoms with Crippen LogP contribution >= 0.6 is 11.3 Å². The minimum atomic E-state index is -3.31. The monoisotopic (exact) mass is 379 g/mol. The highest BCUT2D eigenvalue weighted by atomic mass is 32.2. The Morgan fingerprint density at radius 3 is 2.72 bits per heavy atom. The summed E-state index contributed by atoms with van der Waals surface area (Å²) in [6, 6.07) is 5.38. The Hall–Kier alpha value is -1.40. The van der Waals surface area contributed by atoms with Gasteiger partial charge < -0.3 is 0 Å². The molecule has 1 aromatic carbocycles. The van der Waals surface area contributed by atoms with Crippen molar-refractivity contribution in [1.82, 2.24) is 0 Å². The van der Waals surface area contributed by atoms with Crippen molar-refractivity contribution < 1.29 is 8.42 Å². The second kappa shape index (κ2) is 7.08. The van der Waals surface area contributed by atoms with Crippen molar-refractivity contribution in [1.29, 1.82) is 0 Å². The van der Waals surface area contributed by atoms with E-state index >= 15 is 0 Å². The lowest BCUT2D eigenvalue weighted by Gasteiger charge is -2.23. The van der Waals surface area contributed by atoms with Crippen LogP contribution in [0.2, 0.25) is 0 Å². The molecule has 0 amide bonds. The molecule has 1 heterocycles. The molecule has 1 unspecified atom stereocenters. The van der Waals surface area contributed by atoms with Crippen molar-refractivity contribution in [3.8, 4) is 0 Å². The number of anilines is 1.